The van der Waals surface area contributed by atoms with Crippen LogP contribution in [-0.4, -0.2) is 20.2 Å². The third-order valence-electron chi connectivity index (χ3n) is 3.29. The molecule has 0 radical (unpaired) electrons. The van der Waals surface area contributed by atoms with Gasteiger partial charge in [-0.2, -0.15) is 0 Å². The van der Waals surface area contributed by atoms with Crippen molar-refractivity contribution in [3.63, 3.8) is 0 Å². The first-order valence-corrected chi connectivity index (χ1v) is 6.39. The summed E-state index contributed by atoms with van der Waals surface area (Å²) >= 11 is 0. The van der Waals surface area contributed by atoms with Crippen LogP contribution in [-0.2, 0) is 4.79 Å². The largest absolute Gasteiger partial charge is 0.493 e. The highest BCUT2D eigenvalue weighted by Gasteiger charge is 2.18. The van der Waals surface area contributed by atoms with Crippen LogP contribution >= 0.6 is 0 Å². The number of hydrogen-bond donors (Lipinski definition) is 0. The van der Waals surface area contributed by atoms with Crippen LogP contribution in [0.1, 0.15) is 6.92 Å². The van der Waals surface area contributed by atoms with E-state index in [9.17, 15) is 4.79 Å². The van der Waals surface area contributed by atoms with Gasteiger partial charge in [0.15, 0.2) is 11.5 Å². The Kier molecular flexibility index (Phi) is 3.17. The van der Waals surface area contributed by atoms with Crippen molar-refractivity contribution in [1.29, 1.82) is 0 Å². The van der Waals surface area contributed by atoms with Crippen LogP contribution in [0.2, 0.25) is 0 Å². The lowest BCUT2D eigenvalue weighted by molar-refractivity contribution is -0.131. The maximum atomic E-state index is 11.4. The highest BCUT2D eigenvalue weighted by molar-refractivity contribution is 6.07. The minimum atomic E-state index is -0.389. The number of rotatable bonds is 3. The topological polar surface area (TPSA) is 57.9 Å². The van der Waals surface area contributed by atoms with Gasteiger partial charge in [0.25, 0.3) is 0 Å². The fourth-order valence-electron chi connectivity index (χ4n) is 2.44. The van der Waals surface area contributed by atoms with Crippen LogP contribution in [0, 0.1) is 0 Å². The van der Waals surface area contributed by atoms with E-state index in [0.717, 1.165) is 16.2 Å². The Hall–Kier alpha value is -2.69. The molecule has 108 valence electrons. The van der Waals surface area contributed by atoms with Gasteiger partial charge in [-0.1, -0.05) is 0 Å². The molecule has 5 heteroatoms. The molecule has 0 N–H and O–H groups in total. The first kappa shape index (κ1) is 13.3. The van der Waals surface area contributed by atoms with Gasteiger partial charge >= 0.3 is 5.97 Å². The monoisotopic (exact) mass is 286 g/mol. The van der Waals surface area contributed by atoms with Gasteiger partial charge in [0, 0.05) is 17.7 Å². The summed E-state index contributed by atoms with van der Waals surface area (Å²) in [5.74, 6) is 1.25. The van der Waals surface area contributed by atoms with Crippen molar-refractivity contribution in [3.05, 3.63) is 30.5 Å². The van der Waals surface area contributed by atoms with Crippen LogP contribution in [0.4, 0.5) is 0 Å². The lowest BCUT2D eigenvalue weighted by Crippen LogP contribution is -2.02. The maximum Gasteiger partial charge on any atom is 0.308 e. The standard InChI is InChI=1S/C16H14O5/c1-9(17)21-15-10-4-5-13(18-2)16(19-3)12(10)8-14-11(15)6-7-20-14/h4-8H,1-3H3. The zero-order valence-corrected chi connectivity index (χ0v) is 11.9. The lowest BCUT2D eigenvalue weighted by atomic mass is 10.1. The summed E-state index contributed by atoms with van der Waals surface area (Å²) in [6, 6.07) is 7.23. The molecule has 1 aromatic heterocycles. The number of ether oxygens (including phenoxy) is 3. The van der Waals surface area contributed by atoms with E-state index >= 15 is 0 Å². The third-order valence-corrected chi connectivity index (χ3v) is 3.29. The summed E-state index contributed by atoms with van der Waals surface area (Å²) in [5.41, 5.74) is 0.616. The van der Waals surface area contributed by atoms with Gasteiger partial charge in [-0.25, -0.2) is 0 Å². The molecule has 0 bridgehead atoms. The first-order chi connectivity index (χ1) is 10.2. The number of furan rings is 1. The highest BCUT2D eigenvalue weighted by atomic mass is 16.5. The SMILES string of the molecule is COc1ccc2c(OC(C)=O)c3ccoc3cc2c1OC. The Morgan fingerprint density at radius 3 is 2.48 bits per heavy atom. The lowest BCUT2D eigenvalue weighted by Gasteiger charge is -2.13. The molecule has 21 heavy (non-hydrogen) atoms. The van der Waals surface area contributed by atoms with Crippen molar-refractivity contribution in [1.82, 2.24) is 0 Å². The Labute approximate surface area is 121 Å². The van der Waals surface area contributed by atoms with Gasteiger partial charge in [-0.15, -0.1) is 0 Å². The molecule has 2 aromatic carbocycles. The molecule has 0 fully saturated rings. The molecule has 0 unspecified atom stereocenters. The van der Waals surface area contributed by atoms with E-state index in [-0.39, 0.29) is 5.97 Å². The molecule has 0 amide bonds. The molecular weight excluding hydrogens is 272 g/mol. The quantitative estimate of drug-likeness (QED) is 0.544. The molecule has 0 aliphatic rings. The molecule has 3 rings (SSSR count). The van der Waals surface area contributed by atoms with Gasteiger partial charge in [0.1, 0.15) is 11.3 Å². The van der Waals surface area contributed by atoms with Crippen molar-refractivity contribution in [2.45, 2.75) is 6.92 Å². The van der Waals surface area contributed by atoms with Crippen molar-refractivity contribution in [2.24, 2.45) is 0 Å². The highest BCUT2D eigenvalue weighted by Crippen LogP contribution is 2.43. The average Bonchev–Trinajstić information content (AvgIpc) is 2.93. The number of fused-ring (bicyclic) bond motifs is 2. The zero-order valence-electron chi connectivity index (χ0n) is 11.9. The van der Waals surface area contributed by atoms with Gasteiger partial charge < -0.3 is 18.6 Å². The Morgan fingerprint density at radius 2 is 1.81 bits per heavy atom. The van der Waals surface area contributed by atoms with Gasteiger partial charge in [0.2, 0.25) is 0 Å². The van der Waals surface area contributed by atoms with Crippen LogP contribution in [0.5, 0.6) is 17.2 Å². The fraction of sp³-hybridized carbons (Fsp3) is 0.188. The maximum absolute atomic E-state index is 11.4. The van der Waals surface area contributed by atoms with Gasteiger partial charge in [-0.05, 0) is 24.3 Å². The molecule has 0 atom stereocenters. The molecule has 0 saturated carbocycles. The van der Waals surface area contributed by atoms with Crippen LogP contribution in [0.15, 0.2) is 34.9 Å². The second kappa shape index (κ2) is 5.01. The van der Waals surface area contributed by atoms with E-state index < -0.39 is 0 Å². The van der Waals surface area contributed by atoms with E-state index in [1.54, 1.807) is 32.6 Å². The fourth-order valence-corrected chi connectivity index (χ4v) is 2.44. The summed E-state index contributed by atoms with van der Waals surface area (Å²) in [6.07, 6.45) is 1.56. The Bertz CT molecular complexity index is 831. The summed E-state index contributed by atoms with van der Waals surface area (Å²) < 4.78 is 21.5. The Balaban J connectivity index is 2.44. The third kappa shape index (κ3) is 2.07. The Morgan fingerprint density at radius 1 is 1.00 bits per heavy atom. The molecule has 0 spiro atoms. The van der Waals surface area contributed by atoms with Crippen molar-refractivity contribution in [3.8, 4) is 17.2 Å². The van der Waals surface area contributed by atoms with E-state index in [4.69, 9.17) is 18.6 Å². The van der Waals surface area contributed by atoms with E-state index in [0.29, 0.717) is 22.8 Å². The molecule has 3 aromatic rings. The molecule has 5 nitrogen and oxygen atoms in total. The summed E-state index contributed by atoms with van der Waals surface area (Å²) in [4.78, 5) is 11.4. The van der Waals surface area contributed by atoms with Crippen molar-refractivity contribution in [2.75, 3.05) is 14.2 Å². The molecular formula is C16H14O5. The summed E-state index contributed by atoms with van der Waals surface area (Å²) in [6.45, 7) is 1.37. The molecule has 0 aliphatic carbocycles. The molecule has 0 saturated heterocycles. The van der Waals surface area contributed by atoms with E-state index in [1.165, 1.54) is 6.92 Å². The predicted octanol–water partition coefficient (Wildman–Crippen LogP) is 3.53. The first-order valence-electron chi connectivity index (χ1n) is 6.39. The average molecular weight is 286 g/mol. The van der Waals surface area contributed by atoms with Crippen LogP contribution in [0.25, 0.3) is 21.7 Å². The van der Waals surface area contributed by atoms with Crippen molar-refractivity contribution >= 4 is 27.7 Å². The second-order valence-electron chi connectivity index (χ2n) is 4.53. The number of hydrogen-bond acceptors (Lipinski definition) is 5. The number of carbonyl (C=O) groups is 1. The second-order valence-corrected chi connectivity index (χ2v) is 4.53. The number of esters is 1. The predicted molar refractivity (Wildman–Crippen MR) is 78.1 cm³/mol. The molecule has 1 heterocycles. The molecule has 0 aliphatic heterocycles. The van der Waals surface area contributed by atoms with Crippen LogP contribution < -0.4 is 14.2 Å². The smallest absolute Gasteiger partial charge is 0.308 e. The zero-order chi connectivity index (χ0) is 15.0. The number of carbonyl (C=O) groups excluding carboxylic acids is 1. The minimum Gasteiger partial charge on any atom is -0.493 e. The van der Waals surface area contributed by atoms with Crippen LogP contribution in [0.3, 0.4) is 0 Å². The van der Waals surface area contributed by atoms with Crippen molar-refractivity contribution < 1.29 is 23.4 Å². The number of benzene rings is 2. The normalized spacial score (nSPS) is 10.8. The number of methoxy groups -OCH3 is 2. The summed E-state index contributed by atoms with van der Waals surface area (Å²) in [5, 5.41) is 2.26. The minimum absolute atomic E-state index is 0.389. The summed E-state index contributed by atoms with van der Waals surface area (Å²) in [7, 11) is 3.14. The van der Waals surface area contributed by atoms with E-state index in [2.05, 4.69) is 0 Å². The van der Waals surface area contributed by atoms with Gasteiger partial charge in [0.05, 0.1) is 25.9 Å². The van der Waals surface area contributed by atoms with Gasteiger partial charge in [-0.3, -0.25) is 4.79 Å². The van der Waals surface area contributed by atoms with E-state index in [1.807, 2.05) is 12.1 Å².